The minimum absolute atomic E-state index is 0.0803. The number of rotatable bonds is 6. The zero-order valence-corrected chi connectivity index (χ0v) is 16.9. The number of carbonyl (C=O) groups excluding carboxylic acids is 1. The van der Waals surface area contributed by atoms with Gasteiger partial charge in [-0.3, -0.25) is 5.32 Å². The Bertz CT molecular complexity index is 1200. The fraction of sp³-hybridized carbons (Fsp3) is 0.304. The molecule has 6 nitrogen and oxygen atoms in total. The Hall–Kier alpha value is -3.60. The van der Waals surface area contributed by atoms with Gasteiger partial charge < -0.3 is 14.0 Å². The Morgan fingerprint density at radius 2 is 2.16 bits per heavy atom. The highest BCUT2D eigenvalue weighted by atomic mass is 19.3. The van der Waals surface area contributed by atoms with Crippen LogP contribution in [0.2, 0.25) is 0 Å². The number of fused-ring (bicyclic) bond motifs is 1. The smallest absolute Gasteiger partial charge is 0.411 e. The molecular weight excluding hydrogens is 404 g/mol. The van der Waals surface area contributed by atoms with Crippen molar-refractivity contribution in [3.05, 3.63) is 52.2 Å². The molecule has 8 heteroatoms. The summed E-state index contributed by atoms with van der Waals surface area (Å²) in [6, 6.07) is 9.42. The van der Waals surface area contributed by atoms with E-state index in [1.165, 1.54) is 7.11 Å². The molecule has 0 bridgehead atoms. The van der Waals surface area contributed by atoms with Gasteiger partial charge in [0.15, 0.2) is 0 Å². The number of alkyl halides is 2. The third kappa shape index (κ3) is 4.45. The third-order valence-corrected chi connectivity index (χ3v) is 5.31. The molecule has 1 N–H and O–H groups in total. The molecular formula is C23H21F2N3O3. The van der Waals surface area contributed by atoms with Crippen molar-refractivity contribution in [1.82, 2.24) is 4.57 Å². The van der Waals surface area contributed by atoms with Crippen molar-refractivity contribution < 1.29 is 23.0 Å². The monoisotopic (exact) mass is 425 g/mol. The second-order valence-corrected chi connectivity index (χ2v) is 7.45. The number of methoxy groups -OCH3 is 1. The maximum Gasteiger partial charge on any atom is 0.411 e. The lowest BCUT2D eigenvalue weighted by molar-refractivity contribution is -0.0904. The van der Waals surface area contributed by atoms with Crippen LogP contribution >= 0.6 is 0 Å². The summed E-state index contributed by atoms with van der Waals surface area (Å²) in [6.45, 7) is -2.26. The summed E-state index contributed by atoms with van der Waals surface area (Å²) < 4.78 is 37.0. The molecule has 1 saturated carbocycles. The van der Waals surface area contributed by atoms with Crippen LogP contribution in [0, 0.1) is 17.2 Å². The summed E-state index contributed by atoms with van der Waals surface area (Å²) in [5.74, 6) is 0.551. The second kappa shape index (κ2) is 8.64. The van der Waals surface area contributed by atoms with E-state index in [0.717, 1.165) is 18.4 Å². The summed E-state index contributed by atoms with van der Waals surface area (Å²) in [6.07, 6.45) is 6.95. The number of nitrogens with one attached hydrogen (secondary N) is 1. The van der Waals surface area contributed by atoms with Crippen LogP contribution in [0.1, 0.15) is 24.8 Å². The van der Waals surface area contributed by atoms with Gasteiger partial charge in [0.1, 0.15) is 11.8 Å². The molecule has 1 aromatic carbocycles. The van der Waals surface area contributed by atoms with Crippen LogP contribution in [0.4, 0.5) is 19.3 Å². The molecule has 1 fully saturated rings. The molecule has 0 saturated heterocycles. The number of benzene rings is 1. The number of nitriles is 1. The maximum atomic E-state index is 12.8. The third-order valence-electron chi connectivity index (χ3n) is 5.31. The molecule has 1 amide bonds. The Morgan fingerprint density at radius 1 is 1.35 bits per heavy atom. The first-order valence-electron chi connectivity index (χ1n) is 9.95. The molecule has 1 heterocycles. The topological polar surface area (TPSA) is 76.3 Å². The summed E-state index contributed by atoms with van der Waals surface area (Å²) in [7, 11) is 1.28. The zero-order valence-electron chi connectivity index (χ0n) is 16.9. The van der Waals surface area contributed by atoms with Crippen molar-refractivity contribution in [2.24, 2.45) is 5.92 Å². The van der Waals surface area contributed by atoms with Gasteiger partial charge >= 0.3 is 12.7 Å². The number of nitrogens with zero attached hydrogens (tertiary/aromatic N) is 2. The van der Waals surface area contributed by atoms with Crippen LogP contribution in [0.25, 0.3) is 23.4 Å². The van der Waals surface area contributed by atoms with Crippen molar-refractivity contribution in [1.29, 1.82) is 5.26 Å². The summed E-state index contributed by atoms with van der Waals surface area (Å²) in [4.78, 5) is 11.6. The largest absolute Gasteiger partial charge is 0.453 e. The van der Waals surface area contributed by atoms with E-state index in [9.17, 15) is 18.8 Å². The molecule has 1 aromatic heterocycles. The van der Waals surface area contributed by atoms with Crippen molar-refractivity contribution in [3.8, 4) is 17.3 Å². The summed E-state index contributed by atoms with van der Waals surface area (Å²) in [5.41, 5.74) is 2.42. The van der Waals surface area contributed by atoms with Crippen LogP contribution in [0.3, 0.4) is 0 Å². The Morgan fingerprint density at radius 3 is 2.84 bits per heavy atom. The Kier molecular flexibility index (Phi) is 5.76. The lowest BCUT2D eigenvalue weighted by atomic mass is 10.1. The molecule has 0 aliphatic heterocycles. The number of aromatic nitrogens is 1. The Balaban J connectivity index is 1.91. The average molecular weight is 425 g/mol. The minimum atomic E-state index is -2.92. The lowest BCUT2D eigenvalue weighted by Gasteiger charge is -2.12. The number of halogens is 2. The highest BCUT2D eigenvalue weighted by molar-refractivity contribution is 5.86. The van der Waals surface area contributed by atoms with Crippen LogP contribution in [-0.4, -0.2) is 24.4 Å². The number of amides is 1. The number of anilines is 1. The van der Waals surface area contributed by atoms with Crippen molar-refractivity contribution in [3.63, 3.8) is 0 Å². The molecule has 2 aromatic rings. The normalized spacial score (nSPS) is 15.0. The number of hydrogen-bond acceptors (Lipinski definition) is 4. The summed E-state index contributed by atoms with van der Waals surface area (Å²) >= 11 is 0. The van der Waals surface area contributed by atoms with Gasteiger partial charge in [-0.15, -0.1) is 0 Å². The van der Waals surface area contributed by atoms with Gasteiger partial charge in [0.2, 0.25) is 0 Å². The molecule has 0 spiro atoms. The number of ether oxygens (including phenoxy) is 2. The van der Waals surface area contributed by atoms with E-state index >= 15 is 0 Å². The SMILES string of the molecule is COC(=O)Nc1cccc(-c2c(C#N)c3c(n2CC2CC2)=CC(OC(F)F)=CCC=3)c1. The van der Waals surface area contributed by atoms with Crippen molar-refractivity contribution in [2.45, 2.75) is 32.4 Å². The van der Waals surface area contributed by atoms with E-state index < -0.39 is 12.7 Å². The predicted molar refractivity (Wildman–Crippen MR) is 111 cm³/mol. The lowest BCUT2D eigenvalue weighted by Crippen LogP contribution is -2.30. The fourth-order valence-corrected chi connectivity index (χ4v) is 3.77. The highest BCUT2D eigenvalue weighted by Crippen LogP contribution is 2.33. The molecule has 160 valence electrons. The standard InChI is InChI=1S/C23H21F2N3O3/c1-30-23(29)27-16-5-2-4-15(10-16)21-19(12-26)18-7-3-6-17(31-22(24)25)11-20(18)28(21)13-14-8-9-14/h2,4-7,10-11,14,22H,3,8-9,13H2,1H3,(H,27,29). The van der Waals surface area contributed by atoms with Gasteiger partial charge in [-0.05, 0) is 43.4 Å². The van der Waals surface area contributed by atoms with Gasteiger partial charge in [0.25, 0.3) is 0 Å². The average Bonchev–Trinajstić information content (AvgIpc) is 3.54. The van der Waals surface area contributed by atoms with E-state index in [1.54, 1.807) is 30.4 Å². The first kappa shape index (κ1) is 20.7. The van der Waals surface area contributed by atoms with Crippen LogP contribution in [-0.2, 0) is 16.0 Å². The number of allylic oxidation sites excluding steroid dienone is 2. The molecule has 31 heavy (non-hydrogen) atoms. The number of carbonyl (C=O) groups is 1. The van der Waals surface area contributed by atoms with E-state index in [4.69, 9.17) is 0 Å². The van der Waals surface area contributed by atoms with Gasteiger partial charge in [0, 0.05) is 29.1 Å². The second-order valence-electron chi connectivity index (χ2n) is 7.45. The van der Waals surface area contributed by atoms with Crippen LogP contribution in [0.15, 0.2) is 36.1 Å². The van der Waals surface area contributed by atoms with Gasteiger partial charge in [-0.2, -0.15) is 14.0 Å². The van der Waals surface area contributed by atoms with E-state index in [0.29, 0.717) is 46.4 Å². The summed E-state index contributed by atoms with van der Waals surface area (Å²) in [5, 5.41) is 14.0. The fourth-order valence-electron chi connectivity index (χ4n) is 3.77. The van der Waals surface area contributed by atoms with Crippen molar-refractivity contribution in [2.75, 3.05) is 12.4 Å². The molecule has 2 aliphatic carbocycles. The van der Waals surface area contributed by atoms with Crippen LogP contribution < -0.4 is 15.9 Å². The van der Waals surface area contributed by atoms with Gasteiger partial charge in [-0.25, -0.2) is 4.79 Å². The van der Waals surface area contributed by atoms with E-state index in [1.807, 2.05) is 16.7 Å². The molecule has 0 atom stereocenters. The molecule has 0 unspecified atom stereocenters. The van der Waals surface area contributed by atoms with Crippen molar-refractivity contribution >= 4 is 23.9 Å². The van der Waals surface area contributed by atoms with E-state index in [2.05, 4.69) is 20.9 Å². The molecule has 2 aliphatic rings. The van der Waals surface area contributed by atoms with Gasteiger partial charge in [0.05, 0.1) is 23.7 Å². The Labute approximate surface area is 177 Å². The maximum absolute atomic E-state index is 12.8. The van der Waals surface area contributed by atoms with Gasteiger partial charge in [-0.1, -0.05) is 18.2 Å². The molecule has 4 rings (SSSR count). The minimum Gasteiger partial charge on any atom is -0.453 e. The quantitative estimate of drug-likeness (QED) is 0.766. The zero-order chi connectivity index (χ0) is 22.0. The van der Waals surface area contributed by atoms with Crippen LogP contribution in [0.5, 0.6) is 0 Å². The molecule has 0 radical (unpaired) electrons. The van der Waals surface area contributed by atoms with E-state index in [-0.39, 0.29) is 5.76 Å². The first-order valence-corrected chi connectivity index (χ1v) is 9.95. The predicted octanol–water partition coefficient (Wildman–Crippen LogP) is 3.70. The first-order chi connectivity index (χ1) is 15.0. The highest BCUT2D eigenvalue weighted by Gasteiger charge is 2.26. The number of hydrogen-bond donors (Lipinski definition) is 1.